The molecule has 7 heteroatoms. The molecule has 4 aromatic rings. The van der Waals surface area contributed by atoms with Crippen LogP contribution in [0.1, 0.15) is 84.9 Å². The molecule has 2 atom stereocenters. The van der Waals surface area contributed by atoms with Crippen molar-refractivity contribution in [3.8, 4) is 5.75 Å². The Kier molecular flexibility index (Phi) is 10.3. The number of hydrogen-bond donors (Lipinski definition) is 2. The number of carbonyl (C=O) groups excluding carboxylic acids is 1. The van der Waals surface area contributed by atoms with E-state index in [1.165, 1.54) is 31.2 Å². The maximum atomic E-state index is 13.6. The molecule has 2 fully saturated rings. The van der Waals surface area contributed by atoms with Gasteiger partial charge in [-0.05, 0) is 83.2 Å². The maximum absolute atomic E-state index is 13.6. The molecule has 0 bridgehead atoms. The minimum Gasteiger partial charge on any atom is -0.496 e. The second-order valence-corrected chi connectivity index (χ2v) is 13.1. The van der Waals surface area contributed by atoms with E-state index in [1.54, 1.807) is 19.4 Å². The molecule has 0 radical (unpaired) electrons. The van der Waals surface area contributed by atoms with Gasteiger partial charge >= 0.3 is 0 Å². The van der Waals surface area contributed by atoms with Gasteiger partial charge in [0, 0.05) is 22.5 Å². The van der Waals surface area contributed by atoms with Crippen LogP contribution >= 0.6 is 0 Å². The van der Waals surface area contributed by atoms with Gasteiger partial charge in [0.05, 0.1) is 25.0 Å². The summed E-state index contributed by atoms with van der Waals surface area (Å²) >= 11 is 0. The van der Waals surface area contributed by atoms with Crippen molar-refractivity contribution in [2.24, 2.45) is 5.73 Å². The summed E-state index contributed by atoms with van der Waals surface area (Å²) in [5, 5.41) is 4.13. The van der Waals surface area contributed by atoms with Crippen LogP contribution in [0, 0.1) is 0 Å². The molecule has 2 saturated carbocycles. The predicted octanol–water partition coefficient (Wildman–Crippen LogP) is 7.35. The maximum Gasteiger partial charge on any atom is 0.256 e. The molecular weight excluding hydrogens is 560 g/mol. The highest BCUT2D eigenvalue weighted by molar-refractivity contribution is 6.08. The summed E-state index contributed by atoms with van der Waals surface area (Å²) in [6.45, 7) is 0. The minimum atomic E-state index is -0.143. The average Bonchev–Trinajstić information content (AvgIpc) is 3.86. The molecule has 45 heavy (non-hydrogen) atoms. The largest absolute Gasteiger partial charge is 0.496 e. The molecule has 1 heterocycles. The van der Waals surface area contributed by atoms with Crippen LogP contribution in [0.25, 0.3) is 11.0 Å². The number of hydrogen-bond acceptors (Lipinski definition) is 6. The van der Waals surface area contributed by atoms with Gasteiger partial charge in [-0.2, -0.15) is 0 Å². The van der Waals surface area contributed by atoms with Crippen molar-refractivity contribution >= 4 is 16.9 Å². The highest BCUT2D eigenvalue weighted by atomic mass is 16.5. The Labute approximate surface area is 268 Å². The lowest BCUT2D eigenvalue weighted by Crippen LogP contribution is -2.53. The number of ether oxygens (including phenoxy) is 1. The van der Waals surface area contributed by atoms with Crippen molar-refractivity contribution in [3.05, 3.63) is 102 Å². The van der Waals surface area contributed by atoms with Gasteiger partial charge in [0.15, 0.2) is 0 Å². The zero-order chi connectivity index (χ0) is 32.0. The summed E-state index contributed by atoms with van der Waals surface area (Å²) in [6, 6.07) is 26.2. The normalized spacial score (nSPS) is 18.4. The monoisotopic (exact) mass is 610 g/mol. The molecule has 240 valence electrons. The Hall–Kier alpha value is -3.65. The first-order valence-electron chi connectivity index (χ1n) is 16.3. The Bertz CT molecular complexity index is 1520. The third-order valence-electron chi connectivity index (χ3n) is 10.4. The van der Waals surface area contributed by atoms with Crippen LogP contribution in [-0.2, 0) is 0 Å². The van der Waals surface area contributed by atoms with E-state index in [2.05, 4.69) is 79.7 Å². The van der Waals surface area contributed by atoms with Crippen molar-refractivity contribution < 1.29 is 13.9 Å². The van der Waals surface area contributed by atoms with Crippen molar-refractivity contribution in [1.82, 2.24) is 15.1 Å². The van der Waals surface area contributed by atoms with Crippen LogP contribution in [0.5, 0.6) is 5.75 Å². The number of nitrogens with two attached hydrogens (primary N) is 1. The van der Waals surface area contributed by atoms with Crippen LogP contribution in [0.2, 0.25) is 0 Å². The van der Waals surface area contributed by atoms with E-state index in [4.69, 9.17) is 14.9 Å². The fourth-order valence-electron chi connectivity index (χ4n) is 7.78. The number of furan rings is 1. The van der Waals surface area contributed by atoms with Crippen LogP contribution in [-0.4, -0.2) is 62.1 Å². The third kappa shape index (κ3) is 6.53. The number of likely N-dealkylation sites (N-methyl/N-ethyl adjacent to an activating group) is 2. The lowest BCUT2D eigenvalue weighted by molar-refractivity contribution is 0.0765. The highest BCUT2D eigenvalue weighted by Gasteiger charge is 2.45. The number of rotatable bonds is 9. The van der Waals surface area contributed by atoms with Crippen LogP contribution in [0.4, 0.5) is 0 Å². The zero-order valence-electron chi connectivity index (χ0n) is 27.6. The van der Waals surface area contributed by atoms with Gasteiger partial charge in [-0.25, -0.2) is 0 Å². The number of carbonyl (C=O) groups is 1. The van der Waals surface area contributed by atoms with Gasteiger partial charge in [-0.15, -0.1) is 0 Å². The summed E-state index contributed by atoms with van der Waals surface area (Å²) in [5.41, 5.74) is 10.1. The van der Waals surface area contributed by atoms with Crippen molar-refractivity contribution in [2.75, 3.05) is 35.3 Å². The van der Waals surface area contributed by atoms with E-state index < -0.39 is 0 Å². The van der Waals surface area contributed by atoms with Crippen LogP contribution in [0.3, 0.4) is 0 Å². The van der Waals surface area contributed by atoms with Gasteiger partial charge in [-0.1, -0.05) is 86.3 Å². The molecule has 1 aromatic heterocycles. The van der Waals surface area contributed by atoms with Gasteiger partial charge < -0.3 is 30.0 Å². The quantitative estimate of drug-likeness (QED) is 0.206. The van der Waals surface area contributed by atoms with E-state index in [0.29, 0.717) is 16.9 Å². The molecule has 0 spiro atoms. The minimum absolute atomic E-state index is 0.117. The second kappa shape index (κ2) is 14.2. The first-order valence-corrected chi connectivity index (χ1v) is 16.3. The first kappa shape index (κ1) is 32.7. The Morgan fingerprint density at radius 1 is 0.778 bits per heavy atom. The number of fused-ring (bicyclic) bond motifs is 1. The molecule has 7 nitrogen and oxygen atoms in total. The fraction of sp³-hybridized carbons (Fsp3) is 0.447. The summed E-state index contributed by atoms with van der Waals surface area (Å²) in [7, 11) is 10.1. The van der Waals surface area contributed by atoms with E-state index >= 15 is 0 Å². The van der Waals surface area contributed by atoms with Crippen molar-refractivity contribution in [2.45, 2.75) is 74.5 Å². The Balaban J connectivity index is 0.000000211. The van der Waals surface area contributed by atoms with E-state index in [-0.39, 0.29) is 29.1 Å². The lowest BCUT2D eigenvalue weighted by atomic mass is 9.82. The van der Waals surface area contributed by atoms with Gasteiger partial charge in [0.2, 0.25) is 0 Å². The molecule has 2 aliphatic rings. The lowest BCUT2D eigenvalue weighted by Gasteiger charge is -2.44. The molecule has 3 aromatic carbocycles. The fourth-order valence-corrected chi connectivity index (χ4v) is 7.78. The standard InChI is InChI=1S/C24H28N2O3.C14H22N2/c1-26(2)24(14-7-8-15-24)22(17-9-5-4-6-10-17)25-23(27)21-18-13-16-29-19(18)11-12-20(21)28-3;1-16(2)14(10-6-7-11-14)13(15)12-8-4-3-5-9-12/h4-6,9-13,16,22H,7-8,14-15H2,1-3H3,(H,25,27);3-5,8-9,13H,6-7,10-11,15H2,1-2H3. The number of benzene rings is 3. The number of amides is 1. The second-order valence-electron chi connectivity index (χ2n) is 13.1. The van der Waals surface area contributed by atoms with Crippen LogP contribution in [0.15, 0.2) is 89.5 Å². The Morgan fingerprint density at radius 2 is 1.31 bits per heavy atom. The number of nitrogens with one attached hydrogen (secondary N) is 1. The summed E-state index contributed by atoms with van der Waals surface area (Å²) in [4.78, 5) is 18.2. The molecule has 0 aliphatic heterocycles. The van der Waals surface area contributed by atoms with Crippen LogP contribution < -0.4 is 15.8 Å². The molecule has 3 N–H and O–H groups in total. The molecule has 6 rings (SSSR count). The van der Waals surface area contributed by atoms with Crippen molar-refractivity contribution in [1.29, 1.82) is 0 Å². The molecule has 1 amide bonds. The summed E-state index contributed by atoms with van der Waals surface area (Å²) < 4.78 is 11.0. The van der Waals surface area contributed by atoms with Gasteiger partial charge in [0.25, 0.3) is 5.91 Å². The number of nitrogens with zero attached hydrogens (tertiary/aromatic N) is 2. The zero-order valence-corrected chi connectivity index (χ0v) is 27.6. The Morgan fingerprint density at radius 3 is 1.84 bits per heavy atom. The third-order valence-corrected chi connectivity index (χ3v) is 10.4. The molecule has 0 saturated heterocycles. The smallest absolute Gasteiger partial charge is 0.256 e. The topological polar surface area (TPSA) is 84.0 Å². The average molecular weight is 611 g/mol. The van der Waals surface area contributed by atoms with E-state index in [1.807, 2.05) is 36.4 Å². The molecular formula is C38H50N4O3. The highest BCUT2D eigenvalue weighted by Crippen LogP contribution is 2.44. The number of methoxy groups -OCH3 is 1. The van der Waals surface area contributed by atoms with Gasteiger partial charge in [0.1, 0.15) is 11.3 Å². The summed E-state index contributed by atoms with van der Waals surface area (Å²) in [6.07, 6.45) is 11.1. The summed E-state index contributed by atoms with van der Waals surface area (Å²) in [5.74, 6) is 0.407. The van der Waals surface area contributed by atoms with E-state index in [9.17, 15) is 4.79 Å². The predicted molar refractivity (Wildman–Crippen MR) is 183 cm³/mol. The first-order chi connectivity index (χ1) is 21.7. The van der Waals surface area contributed by atoms with Gasteiger partial charge in [-0.3, -0.25) is 4.79 Å². The molecule has 2 unspecified atom stereocenters. The SMILES string of the molecule is CN(C)C1(C(N)c2ccccc2)CCCC1.COc1ccc2occc2c1C(=O)NC(c1ccccc1)C1(N(C)C)CCCC1. The molecule has 2 aliphatic carbocycles. The van der Waals surface area contributed by atoms with Crippen molar-refractivity contribution in [3.63, 3.8) is 0 Å². The van der Waals surface area contributed by atoms with E-state index in [0.717, 1.165) is 36.6 Å².